The standard InChI is InChI=1S/C12H13N5O3S/c1-17-7-10(12(14)15-17)21(18,19)16-11-8(6-13)4-3-5-9(11)20-2/h3-5,7,16H,1-2H3,(H2,14,15). The fourth-order valence-corrected chi connectivity index (χ4v) is 2.98. The van der Waals surface area contributed by atoms with E-state index >= 15 is 0 Å². The van der Waals surface area contributed by atoms with Crippen LogP contribution in [-0.4, -0.2) is 25.3 Å². The van der Waals surface area contributed by atoms with Crippen LogP contribution in [0.15, 0.2) is 29.3 Å². The highest BCUT2D eigenvalue weighted by Crippen LogP contribution is 2.30. The first-order chi connectivity index (χ1) is 9.89. The van der Waals surface area contributed by atoms with Gasteiger partial charge in [-0.3, -0.25) is 9.40 Å². The number of anilines is 2. The number of nitrogen functional groups attached to an aromatic ring is 1. The van der Waals surface area contributed by atoms with Crippen molar-refractivity contribution in [3.8, 4) is 11.8 Å². The molecule has 0 atom stereocenters. The number of nitrogens with zero attached hydrogens (tertiary/aromatic N) is 3. The number of nitrogens with two attached hydrogens (primary N) is 1. The number of aromatic nitrogens is 2. The predicted octanol–water partition coefficient (Wildman–Crippen LogP) is 0.683. The van der Waals surface area contributed by atoms with Crippen LogP contribution in [-0.2, 0) is 17.1 Å². The Morgan fingerprint density at radius 1 is 1.48 bits per heavy atom. The number of nitriles is 1. The number of hydrogen-bond acceptors (Lipinski definition) is 6. The van der Waals surface area contributed by atoms with E-state index in [1.165, 1.54) is 24.1 Å². The molecule has 0 aliphatic carbocycles. The number of nitrogens with one attached hydrogen (secondary N) is 1. The highest BCUT2D eigenvalue weighted by atomic mass is 32.2. The molecule has 9 heteroatoms. The van der Waals surface area contributed by atoms with E-state index in [9.17, 15) is 8.42 Å². The van der Waals surface area contributed by atoms with Crippen molar-refractivity contribution in [2.45, 2.75) is 4.90 Å². The van der Waals surface area contributed by atoms with Crippen molar-refractivity contribution in [3.05, 3.63) is 30.0 Å². The summed E-state index contributed by atoms with van der Waals surface area (Å²) in [6, 6.07) is 6.52. The number of ether oxygens (including phenoxy) is 1. The van der Waals surface area contributed by atoms with Crippen LogP contribution >= 0.6 is 0 Å². The predicted molar refractivity (Wildman–Crippen MR) is 76.1 cm³/mol. The summed E-state index contributed by atoms with van der Waals surface area (Å²) in [4.78, 5) is -0.167. The molecule has 0 amide bonds. The SMILES string of the molecule is COc1cccc(C#N)c1NS(=O)(=O)c1cn(C)nc1N. The van der Waals surface area contributed by atoms with E-state index < -0.39 is 10.0 Å². The molecule has 2 rings (SSSR count). The summed E-state index contributed by atoms with van der Waals surface area (Å²) in [5.41, 5.74) is 5.78. The van der Waals surface area contributed by atoms with Gasteiger partial charge in [0.05, 0.1) is 12.7 Å². The van der Waals surface area contributed by atoms with Crippen molar-refractivity contribution in [3.63, 3.8) is 0 Å². The number of aryl methyl sites for hydroxylation is 1. The van der Waals surface area contributed by atoms with Crippen molar-refractivity contribution in [2.24, 2.45) is 7.05 Å². The van der Waals surface area contributed by atoms with Gasteiger partial charge in [-0.1, -0.05) is 6.07 Å². The second-order valence-electron chi connectivity index (χ2n) is 4.15. The monoisotopic (exact) mass is 307 g/mol. The molecule has 1 heterocycles. The zero-order chi connectivity index (χ0) is 15.6. The van der Waals surface area contributed by atoms with Gasteiger partial charge in [-0.05, 0) is 12.1 Å². The molecule has 0 radical (unpaired) electrons. The number of benzene rings is 1. The molecule has 0 unspecified atom stereocenters. The molecule has 2 aromatic rings. The van der Waals surface area contributed by atoms with Gasteiger partial charge in [-0.25, -0.2) is 8.42 Å². The Hall–Kier alpha value is -2.73. The molecule has 0 aliphatic rings. The van der Waals surface area contributed by atoms with Gasteiger partial charge in [-0.2, -0.15) is 10.4 Å². The lowest BCUT2D eigenvalue weighted by Gasteiger charge is -2.12. The van der Waals surface area contributed by atoms with E-state index in [0.717, 1.165) is 0 Å². The maximum absolute atomic E-state index is 12.4. The summed E-state index contributed by atoms with van der Waals surface area (Å²) in [6.07, 6.45) is 1.28. The summed E-state index contributed by atoms with van der Waals surface area (Å²) in [6.45, 7) is 0. The maximum atomic E-state index is 12.4. The third-order valence-corrected chi connectivity index (χ3v) is 4.08. The van der Waals surface area contributed by atoms with Crippen LogP contribution in [0.4, 0.5) is 11.5 Å². The Labute approximate surface area is 121 Å². The fourth-order valence-electron chi connectivity index (χ4n) is 1.78. The molecule has 0 aliphatic heterocycles. The molecule has 0 spiro atoms. The summed E-state index contributed by atoms with van der Waals surface area (Å²) in [5.74, 6) is 0.110. The highest BCUT2D eigenvalue weighted by molar-refractivity contribution is 7.92. The van der Waals surface area contributed by atoms with Crippen LogP contribution in [0.3, 0.4) is 0 Å². The van der Waals surface area contributed by atoms with Gasteiger partial charge >= 0.3 is 0 Å². The fraction of sp³-hybridized carbons (Fsp3) is 0.167. The van der Waals surface area contributed by atoms with Crippen molar-refractivity contribution < 1.29 is 13.2 Å². The molecule has 1 aromatic heterocycles. The quantitative estimate of drug-likeness (QED) is 0.856. The van der Waals surface area contributed by atoms with E-state index in [-0.39, 0.29) is 27.7 Å². The van der Waals surface area contributed by atoms with Crippen LogP contribution in [0.25, 0.3) is 0 Å². The number of methoxy groups -OCH3 is 1. The molecular weight excluding hydrogens is 294 g/mol. The van der Waals surface area contributed by atoms with Crippen molar-refractivity contribution in [1.29, 1.82) is 5.26 Å². The topological polar surface area (TPSA) is 123 Å². The lowest BCUT2D eigenvalue weighted by molar-refractivity contribution is 0.417. The van der Waals surface area contributed by atoms with Gasteiger partial charge < -0.3 is 10.5 Å². The third kappa shape index (κ3) is 2.75. The summed E-state index contributed by atoms with van der Waals surface area (Å²) < 4.78 is 33.4. The van der Waals surface area contributed by atoms with Gasteiger partial charge in [0, 0.05) is 13.2 Å². The van der Waals surface area contributed by atoms with Crippen molar-refractivity contribution >= 4 is 21.5 Å². The van der Waals surface area contributed by atoms with Crippen LogP contribution in [0.1, 0.15) is 5.56 Å². The molecule has 110 valence electrons. The minimum Gasteiger partial charge on any atom is -0.495 e. The molecule has 21 heavy (non-hydrogen) atoms. The van der Waals surface area contributed by atoms with E-state index in [0.29, 0.717) is 0 Å². The number of sulfonamides is 1. The van der Waals surface area contributed by atoms with Gasteiger partial charge in [0.15, 0.2) is 5.82 Å². The van der Waals surface area contributed by atoms with Crippen LogP contribution in [0, 0.1) is 11.3 Å². The second kappa shape index (κ2) is 5.34. The van der Waals surface area contributed by atoms with E-state index in [4.69, 9.17) is 15.7 Å². The van der Waals surface area contributed by atoms with Crippen LogP contribution in [0.5, 0.6) is 5.75 Å². The Kier molecular flexibility index (Phi) is 3.73. The number of rotatable bonds is 4. The Bertz CT molecular complexity index is 820. The molecule has 1 aromatic carbocycles. The Morgan fingerprint density at radius 2 is 2.19 bits per heavy atom. The average Bonchev–Trinajstić information content (AvgIpc) is 2.78. The Balaban J connectivity index is 2.52. The average molecular weight is 307 g/mol. The minimum atomic E-state index is -3.98. The molecule has 3 N–H and O–H groups in total. The summed E-state index contributed by atoms with van der Waals surface area (Å²) in [5, 5.41) is 12.9. The van der Waals surface area contributed by atoms with Gasteiger partial charge in [-0.15, -0.1) is 0 Å². The molecule has 0 saturated heterocycles. The maximum Gasteiger partial charge on any atom is 0.267 e. The second-order valence-corrected chi connectivity index (χ2v) is 5.80. The number of hydrogen-bond donors (Lipinski definition) is 2. The third-order valence-electron chi connectivity index (χ3n) is 2.71. The first-order valence-electron chi connectivity index (χ1n) is 5.78. The van der Waals surface area contributed by atoms with Crippen molar-refractivity contribution in [2.75, 3.05) is 17.6 Å². The number of para-hydroxylation sites is 1. The van der Waals surface area contributed by atoms with Crippen LogP contribution in [0.2, 0.25) is 0 Å². The first-order valence-corrected chi connectivity index (χ1v) is 7.26. The first kappa shape index (κ1) is 14.7. The molecular formula is C12H13N5O3S. The zero-order valence-corrected chi connectivity index (χ0v) is 12.2. The Morgan fingerprint density at radius 3 is 2.71 bits per heavy atom. The van der Waals surface area contributed by atoms with E-state index in [1.807, 2.05) is 6.07 Å². The smallest absolute Gasteiger partial charge is 0.267 e. The lowest BCUT2D eigenvalue weighted by atomic mass is 10.2. The van der Waals surface area contributed by atoms with Crippen molar-refractivity contribution in [1.82, 2.24) is 9.78 Å². The largest absolute Gasteiger partial charge is 0.495 e. The molecule has 0 fully saturated rings. The lowest BCUT2D eigenvalue weighted by Crippen LogP contribution is -2.15. The van der Waals surface area contributed by atoms with Gasteiger partial charge in [0.1, 0.15) is 22.4 Å². The van der Waals surface area contributed by atoms with Gasteiger partial charge in [0.2, 0.25) is 0 Å². The zero-order valence-electron chi connectivity index (χ0n) is 11.4. The molecule has 0 bridgehead atoms. The van der Waals surface area contributed by atoms with Gasteiger partial charge in [0.25, 0.3) is 10.0 Å². The summed E-state index contributed by atoms with van der Waals surface area (Å²) >= 11 is 0. The van der Waals surface area contributed by atoms with E-state index in [1.54, 1.807) is 19.2 Å². The molecule has 0 saturated carbocycles. The van der Waals surface area contributed by atoms with E-state index in [2.05, 4.69) is 9.82 Å². The highest BCUT2D eigenvalue weighted by Gasteiger charge is 2.23. The summed E-state index contributed by atoms with van der Waals surface area (Å²) in [7, 11) is -1.04. The normalized spacial score (nSPS) is 10.9. The minimum absolute atomic E-state index is 0.0609. The van der Waals surface area contributed by atoms with Crippen LogP contribution < -0.4 is 15.2 Å². The molecule has 8 nitrogen and oxygen atoms in total.